The maximum Gasteiger partial charge on any atom is 0.258 e. The molecule has 0 unspecified atom stereocenters. The van der Waals surface area contributed by atoms with Crippen LogP contribution in [0.15, 0.2) is 48.5 Å². The van der Waals surface area contributed by atoms with E-state index in [1.54, 1.807) is 0 Å². The van der Waals surface area contributed by atoms with E-state index in [0.29, 0.717) is 6.54 Å². The molecular formula is C24H31N3O2. The van der Waals surface area contributed by atoms with Crippen molar-refractivity contribution in [2.75, 3.05) is 44.7 Å². The first kappa shape index (κ1) is 19.8. The number of carbonyl (C=O) groups is 1. The maximum absolute atomic E-state index is 12.4. The Hall–Kier alpha value is -2.53. The minimum absolute atomic E-state index is 0.0473. The van der Waals surface area contributed by atoms with Gasteiger partial charge in [0.2, 0.25) is 0 Å². The number of rotatable bonds is 7. The fraction of sp³-hybridized carbons (Fsp3) is 0.458. The molecule has 1 amide bonds. The van der Waals surface area contributed by atoms with Crippen molar-refractivity contribution < 1.29 is 9.53 Å². The number of anilines is 1. The summed E-state index contributed by atoms with van der Waals surface area (Å²) in [6, 6.07) is 16.5. The van der Waals surface area contributed by atoms with Crippen LogP contribution in [0.3, 0.4) is 0 Å². The smallest absolute Gasteiger partial charge is 0.258 e. The number of fused-ring (bicyclic) bond motifs is 1. The maximum atomic E-state index is 12.4. The summed E-state index contributed by atoms with van der Waals surface area (Å²) in [5, 5.41) is 3.11. The molecule has 2 aliphatic rings. The van der Waals surface area contributed by atoms with Gasteiger partial charge in [-0.1, -0.05) is 36.8 Å². The van der Waals surface area contributed by atoms with Gasteiger partial charge in [-0.15, -0.1) is 0 Å². The topological polar surface area (TPSA) is 44.8 Å². The summed E-state index contributed by atoms with van der Waals surface area (Å²) in [5.41, 5.74) is 4.07. The molecule has 154 valence electrons. The number of nitrogens with zero attached hydrogens (tertiary/aromatic N) is 2. The van der Waals surface area contributed by atoms with Crippen LogP contribution in [0.25, 0.3) is 0 Å². The molecule has 2 heterocycles. The van der Waals surface area contributed by atoms with Gasteiger partial charge in [-0.05, 0) is 61.7 Å². The zero-order valence-corrected chi connectivity index (χ0v) is 17.3. The van der Waals surface area contributed by atoms with Gasteiger partial charge in [0.05, 0.1) is 6.04 Å². The number of likely N-dealkylation sites (tertiary alicyclic amines) is 1. The molecule has 0 radical (unpaired) electrons. The molecule has 1 fully saturated rings. The summed E-state index contributed by atoms with van der Waals surface area (Å²) in [7, 11) is 2.15. The minimum Gasteiger partial charge on any atom is -0.484 e. The van der Waals surface area contributed by atoms with Crippen LogP contribution < -0.4 is 15.0 Å². The molecule has 1 atom stereocenters. The standard InChI is InChI=1S/C24H31N3O2/c1-26-15-12-20-16-19(10-11-22(20)26)23(27-13-6-3-7-14-27)17-25-24(28)18-29-21-8-4-2-5-9-21/h2,4-5,8-11,16,23H,3,6-7,12-15,17-18H2,1H3,(H,25,28)/t23-/m1/s1. The predicted molar refractivity (Wildman–Crippen MR) is 117 cm³/mol. The van der Waals surface area contributed by atoms with Crippen molar-refractivity contribution in [2.45, 2.75) is 31.7 Å². The lowest BCUT2D eigenvalue weighted by Crippen LogP contribution is -2.41. The normalized spacial score (nSPS) is 17.6. The Morgan fingerprint density at radius 2 is 1.86 bits per heavy atom. The third kappa shape index (κ3) is 4.91. The minimum atomic E-state index is -0.0724. The van der Waals surface area contributed by atoms with E-state index < -0.39 is 0 Å². The van der Waals surface area contributed by atoms with E-state index in [0.717, 1.165) is 31.8 Å². The van der Waals surface area contributed by atoms with Crippen LogP contribution in [0.2, 0.25) is 0 Å². The number of para-hydroxylation sites is 1. The molecule has 29 heavy (non-hydrogen) atoms. The van der Waals surface area contributed by atoms with Crippen molar-refractivity contribution in [2.24, 2.45) is 0 Å². The molecule has 4 rings (SSSR count). The highest BCUT2D eigenvalue weighted by Gasteiger charge is 2.25. The third-order valence-electron chi connectivity index (χ3n) is 6.05. The Bertz CT molecular complexity index is 818. The van der Waals surface area contributed by atoms with E-state index in [4.69, 9.17) is 4.74 Å². The average molecular weight is 394 g/mol. The fourth-order valence-corrected chi connectivity index (χ4v) is 4.41. The molecule has 0 aliphatic carbocycles. The van der Waals surface area contributed by atoms with E-state index in [1.807, 2.05) is 30.3 Å². The number of hydrogen-bond donors (Lipinski definition) is 1. The number of ether oxygens (including phenoxy) is 1. The molecule has 0 aromatic heterocycles. The summed E-state index contributed by atoms with van der Waals surface area (Å²) in [6.45, 7) is 3.94. The molecule has 2 aliphatic heterocycles. The van der Waals surface area contributed by atoms with Crippen molar-refractivity contribution in [1.29, 1.82) is 0 Å². The molecule has 0 saturated carbocycles. The van der Waals surface area contributed by atoms with Gasteiger partial charge in [-0.3, -0.25) is 9.69 Å². The van der Waals surface area contributed by atoms with Crippen LogP contribution in [0.4, 0.5) is 5.69 Å². The fourth-order valence-electron chi connectivity index (χ4n) is 4.41. The van der Waals surface area contributed by atoms with Gasteiger partial charge in [0.15, 0.2) is 6.61 Å². The lowest BCUT2D eigenvalue weighted by Gasteiger charge is -2.35. The van der Waals surface area contributed by atoms with Crippen molar-refractivity contribution >= 4 is 11.6 Å². The van der Waals surface area contributed by atoms with E-state index >= 15 is 0 Å². The van der Waals surface area contributed by atoms with E-state index in [2.05, 4.69) is 40.4 Å². The summed E-state index contributed by atoms with van der Waals surface area (Å²) >= 11 is 0. The third-order valence-corrected chi connectivity index (χ3v) is 6.05. The Kier molecular flexibility index (Phi) is 6.35. The number of carbonyl (C=O) groups excluding carboxylic acids is 1. The SMILES string of the molecule is CN1CCc2cc([C@@H](CNC(=O)COc3ccccc3)N3CCCCC3)ccc21. The second-order valence-corrected chi connectivity index (χ2v) is 8.08. The van der Waals surface area contributed by atoms with Crippen molar-refractivity contribution in [1.82, 2.24) is 10.2 Å². The summed E-state index contributed by atoms with van der Waals surface area (Å²) in [5.74, 6) is 0.648. The molecule has 5 nitrogen and oxygen atoms in total. The number of piperidine rings is 1. The zero-order valence-electron chi connectivity index (χ0n) is 17.3. The first-order chi connectivity index (χ1) is 14.2. The summed E-state index contributed by atoms with van der Waals surface area (Å²) in [4.78, 5) is 17.3. The first-order valence-electron chi connectivity index (χ1n) is 10.7. The molecule has 0 spiro atoms. The van der Waals surface area contributed by atoms with Gasteiger partial charge < -0.3 is 15.0 Å². The number of hydrogen-bond acceptors (Lipinski definition) is 4. The largest absolute Gasteiger partial charge is 0.484 e. The van der Waals surface area contributed by atoms with Crippen molar-refractivity contribution in [3.05, 3.63) is 59.7 Å². The Labute approximate surface area is 173 Å². The van der Waals surface area contributed by atoms with Gasteiger partial charge in [0.1, 0.15) is 5.75 Å². The van der Waals surface area contributed by atoms with Crippen LogP contribution in [-0.2, 0) is 11.2 Å². The second kappa shape index (κ2) is 9.31. The number of benzene rings is 2. The number of amides is 1. The van der Waals surface area contributed by atoms with Crippen molar-refractivity contribution in [3.63, 3.8) is 0 Å². The molecule has 1 N–H and O–H groups in total. The molecule has 5 heteroatoms. The molecule has 0 bridgehead atoms. The van der Waals surface area contributed by atoms with Gasteiger partial charge >= 0.3 is 0 Å². The summed E-state index contributed by atoms with van der Waals surface area (Å²) in [6.07, 6.45) is 4.86. The molecule has 2 aromatic rings. The van der Waals surface area contributed by atoms with Gasteiger partial charge in [0.25, 0.3) is 5.91 Å². The molecule has 1 saturated heterocycles. The van der Waals surface area contributed by atoms with Crippen LogP contribution in [-0.4, -0.2) is 50.6 Å². The predicted octanol–water partition coefficient (Wildman–Crippen LogP) is 3.40. The lowest BCUT2D eigenvalue weighted by atomic mass is 9.98. The first-order valence-corrected chi connectivity index (χ1v) is 10.7. The van der Waals surface area contributed by atoms with Gasteiger partial charge in [-0.25, -0.2) is 0 Å². The lowest BCUT2D eigenvalue weighted by molar-refractivity contribution is -0.123. The number of nitrogens with one attached hydrogen (secondary N) is 1. The quantitative estimate of drug-likeness (QED) is 0.783. The van der Waals surface area contributed by atoms with Crippen molar-refractivity contribution in [3.8, 4) is 5.75 Å². The van der Waals surface area contributed by atoms with E-state index in [1.165, 1.54) is 36.1 Å². The average Bonchev–Trinajstić information content (AvgIpc) is 3.14. The Morgan fingerprint density at radius 1 is 1.07 bits per heavy atom. The highest BCUT2D eigenvalue weighted by molar-refractivity contribution is 5.77. The number of likely N-dealkylation sites (N-methyl/N-ethyl adjacent to an activating group) is 1. The Morgan fingerprint density at radius 3 is 2.66 bits per heavy atom. The van der Waals surface area contributed by atoms with E-state index in [9.17, 15) is 4.79 Å². The second-order valence-electron chi connectivity index (χ2n) is 8.08. The highest BCUT2D eigenvalue weighted by atomic mass is 16.5. The van der Waals surface area contributed by atoms with Gasteiger partial charge in [0, 0.05) is 25.8 Å². The molecule has 2 aromatic carbocycles. The monoisotopic (exact) mass is 393 g/mol. The van der Waals surface area contributed by atoms with Crippen LogP contribution >= 0.6 is 0 Å². The summed E-state index contributed by atoms with van der Waals surface area (Å²) < 4.78 is 5.59. The molecular weight excluding hydrogens is 362 g/mol. The highest BCUT2D eigenvalue weighted by Crippen LogP contribution is 2.32. The van der Waals surface area contributed by atoms with Crippen LogP contribution in [0, 0.1) is 0 Å². The Balaban J connectivity index is 1.41. The zero-order chi connectivity index (χ0) is 20.1. The van der Waals surface area contributed by atoms with Crippen LogP contribution in [0.5, 0.6) is 5.75 Å². The van der Waals surface area contributed by atoms with Crippen LogP contribution in [0.1, 0.15) is 36.4 Å². The van der Waals surface area contributed by atoms with E-state index in [-0.39, 0.29) is 18.6 Å². The van der Waals surface area contributed by atoms with Gasteiger partial charge in [-0.2, -0.15) is 0 Å².